The molecule has 6 nitrogen and oxygen atoms in total. The van der Waals surface area contributed by atoms with E-state index in [9.17, 15) is 14.4 Å². The van der Waals surface area contributed by atoms with Crippen molar-refractivity contribution in [2.45, 2.75) is 32.7 Å². The molecule has 3 amide bonds. The van der Waals surface area contributed by atoms with Crippen molar-refractivity contribution in [2.24, 2.45) is 0 Å². The lowest BCUT2D eigenvalue weighted by atomic mass is 10.1. The Labute approximate surface area is 207 Å². The van der Waals surface area contributed by atoms with E-state index < -0.39 is 5.91 Å². The molecular formula is C26H24ClN3O3S. The third kappa shape index (κ3) is 4.03. The lowest BCUT2D eigenvalue weighted by molar-refractivity contribution is -0.130. The van der Waals surface area contributed by atoms with Crippen molar-refractivity contribution in [1.82, 2.24) is 9.47 Å². The van der Waals surface area contributed by atoms with Gasteiger partial charge in [0.25, 0.3) is 11.1 Å². The zero-order chi connectivity index (χ0) is 23.8. The monoisotopic (exact) mass is 493 g/mol. The van der Waals surface area contributed by atoms with E-state index >= 15 is 0 Å². The number of aromatic nitrogens is 1. The molecule has 3 aromatic rings. The van der Waals surface area contributed by atoms with Crippen LogP contribution in [0.2, 0.25) is 5.02 Å². The summed E-state index contributed by atoms with van der Waals surface area (Å²) in [4.78, 5) is 42.2. The van der Waals surface area contributed by atoms with Crippen LogP contribution in [0, 0.1) is 0 Å². The van der Waals surface area contributed by atoms with Crippen LogP contribution in [0.1, 0.15) is 30.9 Å². The van der Waals surface area contributed by atoms with Gasteiger partial charge in [-0.05, 0) is 54.8 Å². The van der Waals surface area contributed by atoms with E-state index in [1.807, 2.05) is 27.8 Å². The number of nitrogens with zero attached hydrogens (tertiary/aromatic N) is 3. The second-order valence-corrected chi connectivity index (χ2v) is 9.84. The number of carbonyl (C=O) groups is 3. The zero-order valence-corrected chi connectivity index (χ0v) is 20.4. The Hall–Kier alpha value is -3.03. The van der Waals surface area contributed by atoms with Gasteiger partial charge in [-0.15, -0.1) is 0 Å². The van der Waals surface area contributed by atoms with E-state index in [0.29, 0.717) is 15.6 Å². The van der Waals surface area contributed by atoms with Crippen LogP contribution in [0.3, 0.4) is 0 Å². The van der Waals surface area contributed by atoms with Gasteiger partial charge in [0.1, 0.15) is 6.54 Å². The van der Waals surface area contributed by atoms with Crippen LogP contribution < -0.4 is 4.90 Å². The number of para-hydroxylation sites is 2. The van der Waals surface area contributed by atoms with Crippen LogP contribution in [0.15, 0.2) is 53.6 Å². The van der Waals surface area contributed by atoms with E-state index in [-0.39, 0.29) is 17.7 Å². The summed E-state index contributed by atoms with van der Waals surface area (Å²) in [6, 6.07) is 12.9. The topological polar surface area (TPSA) is 62.6 Å². The summed E-state index contributed by atoms with van der Waals surface area (Å²) < 4.78 is 1.99. The molecule has 5 rings (SSSR count). The number of halogens is 1. The Balaban J connectivity index is 1.54. The van der Waals surface area contributed by atoms with Crippen LogP contribution in [0.5, 0.6) is 0 Å². The first-order chi connectivity index (χ1) is 16.5. The number of carbonyl (C=O) groups excluding carboxylic acids is 3. The molecule has 0 bridgehead atoms. The van der Waals surface area contributed by atoms with E-state index in [2.05, 4.69) is 13.0 Å². The summed E-state index contributed by atoms with van der Waals surface area (Å²) in [7, 11) is 0. The Morgan fingerprint density at radius 2 is 1.85 bits per heavy atom. The number of fused-ring (bicyclic) bond motifs is 1. The molecule has 8 heteroatoms. The van der Waals surface area contributed by atoms with E-state index in [4.69, 9.17) is 11.6 Å². The molecule has 0 aliphatic carbocycles. The van der Waals surface area contributed by atoms with Gasteiger partial charge in [0.05, 0.1) is 21.1 Å². The SMILES string of the molecule is CCc1cccc2c(/C=C3\SC(=O)N(c4ccccc4Cl)C3=O)cn(CC(=O)N3CCCC3)c12. The molecule has 2 fully saturated rings. The molecule has 0 saturated carbocycles. The summed E-state index contributed by atoms with van der Waals surface area (Å²) in [6.45, 7) is 3.95. The summed E-state index contributed by atoms with van der Waals surface area (Å²) in [5.74, 6) is -0.297. The molecule has 2 aliphatic heterocycles. The highest BCUT2D eigenvalue weighted by atomic mass is 35.5. The van der Waals surface area contributed by atoms with Gasteiger partial charge in [0.15, 0.2) is 0 Å². The Morgan fingerprint density at radius 1 is 1.09 bits per heavy atom. The number of imide groups is 1. The third-order valence-corrected chi connectivity index (χ3v) is 7.52. The molecule has 2 aliphatic rings. The van der Waals surface area contributed by atoms with Crippen molar-refractivity contribution in [3.05, 3.63) is 69.7 Å². The van der Waals surface area contributed by atoms with Gasteiger partial charge < -0.3 is 9.47 Å². The molecule has 0 N–H and O–H groups in total. The summed E-state index contributed by atoms with van der Waals surface area (Å²) in [6.07, 6.45) is 6.58. The molecule has 0 radical (unpaired) electrons. The maximum absolute atomic E-state index is 13.2. The quantitative estimate of drug-likeness (QED) is 0.426. The molecule has 0 spiro atoms. The molecule has 174 valence electrons. The molecule has 2 aromatic carbocycles. The molecule has 0 unspecified atom stereocenters. The fourth-order valence-electron chi connectivity index (χ4n) is 4.65. The number of hydrogen-bond donors (Lipinski definition) is 0. The lowest BCUT2D eigenvalue weighted by Crippen LogP contribution is -2.30. The van der Waals surface area contributed by atoms with Crippen molar-refractivity contribution >= 4 is 63.1 Å². The molecule has 3 heterocycles. The smallest absolute Gasteiger partial charge is 0.298 e. The van der Waals surface area contributed by atoms with Crippen molar-refractivity contribution in [1.29, 1.82) is 0 Å². The number of aryl methyl sites for hydroxylation is 1. The molecule has 2 saturated heterocycles. The highest BCUT2D eigenvalue weighted by Crippen LogP contribution is 2.39. The minimum atomic E-state index is -0.399. The summed E-state index contributed by atoms with van der Waals surface area (Å²) in [5.41, 5.74) is 3.32. The van der Waals surface area contributed by atoms with Gasteiger partial charge in [-0.2, -0.15) is 0 Å². The predicted octanol–water partition coefficient (Wildman–Crippen LogP) is 5.72. The van der Waals surface area contributed by atoms with Gasteiger partial charge in [-0.3, -0.25) is 14.4 Å². The number of benzene rings is 2. The normalized spacial score (nSPS) is 17.5. The van der Waals surface area contributed by atoms with E-state index in [0.717, 1.165) is 71.0 Å². The Morgan fingerprint density at radius 3 is 2.59 bits per heavy atom. The Kier molecular flexibility index (Phi) is 6.23. The van der Waals surface area contributed by atoms with Crippen LogP contribution in [0.25, 0.3) is 17.0 Å². The molecule has 34 heavy (non-hydrogen) atoms. The maximum atomic E-state index is 13.2. The highest BCUT2D eigenvalue weighted by Gasteiger charge is 2.37. The number of amides is 3. The maximum Gasteiger partial charge on any atom is 0.298 e. The fraction of sp³-hybridized carbons (Fsp3) is 0.269. The zero-order valence-electron chi connectivity index (χ0n) is 18.8. The minimum Gasteiger partial charge on any atom is -0.341 e. The molecule has 1 aromatic heterocycles. The minimum absolute atomic E-state index is 0.103. The third-order valence-electron chi connectivity index (χ3n) is 6.33. The van der Waals surface area contributed by atoms with E-state index in [1.165, 1.54) is 0 Å². The number of anilines is 1. The summed E-state index contributed by atoms with van der Waals surface area (Å²) in [5, 5.41) is 0.917. The first-order valence-electron chi connectivity index (χ1n) is 11.4. The van der Waals surface area contributed by atoms with Crippen LogP contribution >= 0.6 is 23.4 Å². The van der Waals surface area contributed by atoms with Crippen LogP contribution in [0.4, 0.5) is 10.5 Å². The largest absolute Gasteiger partial charge is 0.341 e. The van der Waals surface area contributed by atoms with Crippen LogP contribution in [-0.4, -0.2) is 39.6 Å². The fourth-order valence-corrected chi connectivity index (χ4v) is 5.70. The first-order valence-corrected chi connectivity index (χ1v) is 12.6. The predicted molar refractivity (Wildman–Crippen MR) is 137 cm³/mol. The van der Waals surface area contributed by atoms with Crippen molar-refractivity contribution in [3.63, 3.8) is 0 Å². The van der Waals surface area contributed by atoms with E-state index in [1.54, 1.807) is 30.3 Å². The number of thioether (sulfide) groups is 1. The first kappa shape index (κ1) is 22.7. The Bertz CT molecular complexity index is 1340. The van der Waals surface area contributed by atoms with Gasteiger partial charge >= 0.3 is 0 Å². The number of hydrogen-bond acceptors (Lipinski definition) is 4. The van der Waals surface area contributed by atoms with Crippen LogP contribution in [-0.2, 0) is 22.6 Å². The second-order valence-electron chi connectivity index (χ2n) is 8.44. The molecular weight excluding hydrogens is 470 g/mol. The van der Waals surface area contributed by atoms with Gasteiger partial charge in [0.2, 0.25) is 5.91 Å². The van der Waals surface area contributed by atoms with Gasteiger partial charge in [-0.25, -0.2) is 4.90 Å². The lowest BCUT2D eigenvalue weighted by Gasteiger charge is -2.16. The average molecular weight is 494 g/mol. The van der Waals surface area contributed by atoms with Gasteiger partial charge in [0, 0.05) is 30.2 Å². The van der Waals surface area contributed by atoms with Gasteiger partial charge in [-0.1, -0.05) is 48.9 Å². The average Bonchev–Trinajstić information content (AvgIpc) is 3.55. The second kappa shape index (κ2) is 9.31. The number of likely N-dealkylation sites (tertiary alicyclic amines) is 1. The van der Waals surface area contributed by atoms with Crippen molar-refractivity contribution < 1.29 is 14.4 Å². The summed E-state index contributed by atoms with van der Waals surface area (Å²) >= 11 is 7.14. The van der Waals surface area contributed by atoms with Crippen molar-refractivity contribution in [3.8, 4) is 0 Å². The standard InChI is InChI=1S/C26H24ClN3O3S/c1-2-17-8-7-9-19-18(15-29(24(17)19)16-23(31)28-12-5-6-13-28)14-22-25(32)30(26(33)34-22)21-11-4-3-10-20(21)27/h3-4,7-11,14-15H,2,5-6,12-13,16H2,1H3/b22-14-. The highest BCUT2D eigenvalue weighted by molar-refractivity contribution is 8.19. The van der Waals surface area contributed by atoms with Crippen molar-refractivity contribution in [2.75, 3.05) is 18.0 Å². The number of rotatable bonds is 5. The molecule has 0 atom stereocenters.